The van der Waals surface area contributed by atoms with E-state index in [1.165, 1.54) is 35.6 Å². The summed E-state index contributed by atoms with van der Waals surface area (Å²) in [4.78, 5) is 31.5. The van der Waals surface area contributed by atoms with Crippen LogP contribution in [0.3, 0.4) is 0 Å². The number of nitrogens with zero attached hydrogens (tertiary/aromatic N) is 2. The van der Waals surface area contributed by atoms with Gasteiger partial charge in [0.15, 0.2) is 5.13 Å². The fourth-order valence-corrected chi connectivity index (χ4v) is 4.52. The molecule has 2 aromatic carbocycles. The second kappa shape index (κ2) is 10.4. The third-order valence-electron chi connectivity index (χ3n) is 5.62. The normalized spacial score (nSPS) is 16.1. The molecule has 1 aliphatic heterocycles. The van der Waals surface area contributed by atoms with Crippen molar-refractivity contribution in [3.63, 3.8) is 0 Å². The van der Waals surface area contributed by atoms with Gasteiger partial charge in [-0.3, -0.25) is 9.59 Å². The molecule has 1 aromatic heterocycles. The number of hydrogen-bond acceptors (Lipinski definition) is 5. The Kier molecular flexibility index (Phi) is 7.34. The summed E-state index contributed by atoms with van der Waals surface area (Å²) in [5.41, 5.74) is 0.454. The Balaban J connectivity index is 1.33. The van der Waals surface area contributed by atoms with Crippen LogP contribution in [0.1, 0.15) is 34.5 Å². The molecule has 3 aromatic rings. The number of thiazole rings is 1. The summed E-state index contributed by atoms with van der Waals surface area (Å²) in [7, 11) is 0. The summed E-state index contributed by atoms with van der Waals surface area (Å²) >= 11 is 1.23. The highest BCUT2D eigenvalue weighted by molar-refractivity contribution is 7.14. The van der Waals surface area contributed by atoms with Crippen LogP contribution in [0.2, 0.25) is 0 Å². The number of aromatic nitrogens is 1. The van der Waals surface area contributed by atoms with Crippen LogP contribution in [0.5, 0.6) is 0 Å². The van der Waals surface area contributed by atoms with E-state index in [0.29, 0.717) is 35.8 Å². The molecule has 1 unspecified atom stereocenters. The Labute approximate surface area is 203 Å². The van der Waals surface area contributed by atoms with Gasteiger partial charge in [-0.25, -0.2) is 9.37 Å². The molecule has 2 heterocycles. The second-order valence-corrected chi connectivity index (χ2v) is 9.03. The number of alkyl halides is 3. The molecule has 1 fully saturated rings. The Morgan fingerprint density at radius 3 is 2.66 bits per heavy atom. The summed E-state index contributed by atoms with van der Waals surface area (Å²) in [5.74, 6) is -1.43. The van der Waals surface area contributed by atoms with Crippen LogP contribution in [0.15, 0.2) is 53.9 Å². The van der Waals surface area contributed by atoms with Gasteiger partial charge in [0.2, 0.25) is 5.91 Å². The number of likely N-dealkylation sites (tertiary alicyclic amines) is 1. The molecule has 184 valence electrons. The SMILES string of the molecule is O=C(NCc1cccc(C(F)(F)F)c1)C1CCCN(C(=O)c2csc(Nc3ccc(F)cc3)n2)C1. The monoisotopic (exact) mass is 506 g/mol. The molecule has 0 spiro atoms. The van der Waals surface area contributed by atoms with Crippen molar-refractivity contribution >= 4 is 34.0 Å². The van der Waals surface area contributed by atoms with Crippen molar-refractivity contribution in [3.05, 3.63) is 76.5 Å². The van der Waals surface area contributed by atoms with E-state index in [1.54, 1.807) is 22.4 Å². The Hall–Kier alpha value is -3.47. The highest BCUT2D eigenvalue weighted by atomic mass is 32.1. The van der Waals surface area contributed by atoms with Gasteiger partial charge < -0.3 is 15.5 Å². The first kappa shape index (κ1) is 24.6. The molecule has 1 saturated heterocycles. The van der Waals surface area contributed by atoms with Crippen LogP contribution in [0.25, 0.3) is 0 Å². The van der Waals surface area contributed by atoms with Gasteiger partial charge in [-0.2, -0.15) is 13.2 Å². The second-order valence-electron chi connectivity index (χ2n) is 8.18. The zero-order valence-electron chi connectivity index (χ0n) is 18.4. The van der Waals surface area contributed by atoms with Crippen LogP contribution in [-0.2, 0) is 17.5 Å². The van der Waals surface area contributed by atoms with Crippen LogP contribution in [-0.4, -0.2) is 34.8 Å². The highest BCUT2D eigenvalue weighted by Gasteiger charge is 2.31. The van der Waals surface area contributed by atoms with E-state index in [4.69, 9.17) is 0 Å². The van der Waals surface area contributed by atoms with E-state index < -0.39 is 17.7 Å². The molecular formula is C24H22F4N4O2S. The largest absolute Gasteiger partial charge is 0.416 e. The van der Waals surface area contributed by atoms with Gasteiger partial charge in [0.1, 0.15) is 11.5 Å². The lowest BCUT2D eigenvalue weighted by Gasteiger charge is -2.31. The maximum absolute atomic E-state index is 13.1. The lowest BCUT2D eigenvalue weighted by atomic mass is 9.96. The Morgan fingerprint density at radius 2 is 1.91 bits per heavy atom. The number of hydrogen-bond donors (Lipinski definition) is 2. The van der Waals surface area contributed by atoms with Crippen LogP contribution in [0, 0.1) is 11.7 Å². The van der Waals surface area contributed by atoms with Gasteiger partial charge in [-0.15, -0.1) is 11.3 Å². The predicted octanol–water partition coefficient (Wildman–Crippen LogP) is 5.21. The van der Waals surface area contributed by atoms with Crippen LogP contribution < -0.4 is 10.6 Å². The van der Waals surface area contributed by atoms with E-state index in [2.05, 4.69) is 15.6 Å². The number of halogens is 4. The minimum absolute atomic E-state index is 0.0301. The number of carbonyl (C=O) groups excluding carboxylic acids is 2. The summed E-state index contributed by atoms with van der Waals surface area (Å²) in [6, 6.07) is 10.6. The average molecular weight is 507 g/mol. The van der Waals surface area contributed by atoms with Crippen molar-refractivity contribution in [2.75, 3.05) is 18.4 Å². The topological polar surface area (TPSA) is 74.3 Å². The summed E-state index contributed by atoms with van der Waals surface area (Å²) in [6.45, 7) is 0.650. The quantitative estimate of drug-likeness (QED) is 0.450. The van der Waals surface area contributed by atoms with E-state index in [0.717, 1.165) is 12.1 Å². The number of rotatable bonds is 6. The summed E-state index contributed by atoms with van der Waals surface area (Å²) < 4.78 is 51.7. The summed E-state index contributed by atoms with van der Waals surface area (Å²) in [5, 5.41) is 7.80. The van der Waals surface area contributed by atoms with Crippen molar-refractivity contribution < 1.29 is 27.2 Å². The summed E-state index contributed by atoms with van der Waals surface area (Å²) in [6.07, 6.45) is -3.25. The number of carbonyl (C=O) groups is 2. The van der Waals surface area contributed by atoms with Gasteiger partial charge in [0, 0.05) is 30.7 Å². The minimum atomic E-state index is -4.45. The van der Waals surface area contributed by atoms with E-state index in [-0.39, 0.29) is 36.4 Å². The van der Waals surface area contributed by atoms with Gasteiger partial charge in [-0.1, -0.05) is 12.1 Å². The van der Waals surface area contributed by atoms with Crippen molar-refractivity contribution in [1.82, 2.24) is 15.2 Å². The molecule has 0 aliphatic carbocycles. The maximum atomic E-state index is 13.1. The van der Waals surface area contributed by atoms with Crippen LogP contribution in [0.4, 0.5) is 28.4 Å². The zero-order valence-corrected chi connectivity index (χ0v) is 19.3. The smallest absolute Gasteiger partial charge is 0.352 e. The maximum Gasteiger partial charge on any atom is 0.416 e. The van der Waals surface area contributed by atoms with Crippen molar-refractivity contribution in [1.29, 1.82) is 0 Å². The van der Waals surface area contributed by atoms with Gasteiger partial charge in [0.05, 0.1) is 11.5 Å². The third kappa shape index (κ3) is 6.36. The lowest BCUT2D eigenvalue weighted by molar-refractivity contribution is -0.137. The molecular weight excluding hydrogens is 484 g/mol. The molecule has 1 aliphatic rings. The first-order valence-electron chi connectivity index (χ1n) is 10.9. The van der Waals surface area contributed by atoms with E-state index >= 15 is 0 Å². The number of nitrogens with one attached hydrogen (secondary N) is 2. The Bertz CT molecular complexity index is 1200. The first-order valence-corrected chi connectivity index (χ1v) is 11.8. The van der Waals surface area contributed by atoms with Crippen molar-refractivity contribution in [2.24, 2.45) is 5.92 Å². The number of benzene rings is 2. The first-order chi connectivity index (χ1) is 16.7. The van der Waals surface area contributed by atoms with Gasteiger partial charge >= 0.3 is 6.18 Å². The fraction of sp³-hybridized carbons (Fsp3) is 0.292. The van der Waals surface area contributed by atoms with Gasteiger partial charge in [0.25, 0.3) is 5.91 Å². The molecule has 6 nitrogen and oxygen atoms in total. The molecule has 4 rings (SSSR count). The molecule has 0 radical (unpaired) electrons. The molecule has 35 heavy (non-hydrogen) atoms. The number of piperidine rings is 1. The molecule has 2 N–H and O–H groups in total. The molecule has 11 heteroatoms. The zero-order chi connectivity index (χ0) is 25.0. The fourth-order valence-electron chi connectivity index (χ4n) is 3.81. The van der Waals surface area contributed by atoms with Gasteiger partial charge in [-0.05, 0) is 54.8 Å². The lowest BCUT2D eigenvalue weighted by Crippen LogP contribution is -2.45. The Morgan fingerprint density at radius 1 is 1.14 bits per heavy atom. The van der Waals surface area contributed by atoms with Crippen molar-refractivity contribution in [3.8, 4) is 0 Å². The number of anilines is 2. The molecule has 1 atom stereocenters. The number of amides is 2. The van der Waals surface area contributed by atoms with E-state index in [1.807, 2.05) is 0 Å². The third-order valence-corrected chi connectivity index (χ3v) is 6.38. The molecule has 0 saturated carbocycles. The molecule has 0 bridgehead atoms. The standard InChI is InChI=1S/C24H22F4N4O2S/c25-18-6-8-19(9-7-18)30-23-31-20(14-35-23)22(34)32-10-2-4-16(13-32)21(33)29-12-15-3-1-5-17(11-15)24(26,27)28/h1,3,5-9,11,14,16H,2,4,10,12-13H2,(H,29,33)(H,30,31). The minimum Gasteiger partial charge on any atom is -0.352 e. The predicted molar refractivity (Wildman–Crippen MR) is 124 cm³/mol. The highest BCUT2D eigenvalue weighted by Crippen LogP contribution is 2.29. The molecule has 2 amide bonds. The van der Waals surface area contributed by atoms with Crippen LogP contribution >= 0.6 is 11.3 Å². The average Bonchev–Trinajstić information content (AvgIpc) is 3.31. The van der Waals surface area contributed by atoms with E-state index in [9.17, 15) is 27.2 Å². The van der Waals surface area contributed by atoms with Crippen molar-refractivity contribution in [2.45, 2.75) is 25.6 Å².